The van der Waals surface area contributed by atoms with Gasteiger partial charge in [0.2, 0.25) is 0 Å². The van der Waals surface area contributed by atoms with Crippen LogP contribution >= 0.6 is 0 Å². The van der Waals surface area contributed by atoms with E-state index in [1.165, 1.54) is 22.3 Å². The van der Waals surface area contributed by atoms with Gasteiger partial charge in [-0.05, 0) is 106 Å². The number of hydrogen-bond donors (Lipinski definition) is 0. The highest BCUT2D eigenvalue weighted by Gasteiger charge is 2.39. The maximum atomic E-state index is 6.74. The highest BCUT2D eigenvalue weighted by atomic mass is 16.5. The average Bonchev–Trinajstić information content (AvgIpc) is 3.67. The number of ether oxygens (including phenoxy) is 1. The van der Waals surface area contributed by atoms with Crippen LogP contribution in [0.5, 0.6) is 5.75 Å². The molecule has 0 spiro atoms. The van der Waals surface area contributed by atoms with Crippen molar-refractivity contribution in [2.45, 2.75) is 38.0 Å². The Morgan fingerprint density at radius 3 is 1.68 bits per heavy atom. The van der Waals surface area contributed by atoms with E-state index >= 15 is 0 Å². The molecule has 0 N–H and O–H groups in total. The van der Waals surface area contributed by atoms with Gasteiger partial charge in [0.15, 0.2) is 0 Å². The van der Waals surface area contributed by atoms with E-state index in [9.17, 15) is 0 Å². The van der Waals surface area contributed by atoms with Crippen molar-refractivity contribution in [2.75, 3.05) is 0 Å². The van der Waals surface area contributed by atoms with Crippen molar-refractivity contribution >= 4 is 5.57 Å². The fourth-order valence-electron chi connectivity index (χ4n) is 9.48. The normalized spacial score (nSPS) is 16.0. The third-order valence-corrected chi connectivity index (χ3v) is 13.1. The Bertz CT molecular complexity index is 3180. The molecule has 2 aliphatic carbocycles. The molecule has 65 heavy (non-hydrogen) atoms. The number of allylic oxidation sites excluding steroid dienone is 9. The Morgan fingerprint density at radius 1 is 0.492 bits per heavy atom. The Hall–Kier alpha value is -7.88. The number of benzene rings is 6. The first-order chi connectivity index (χ1) is 31.9. The zero-order valence-electron chi connectivity index (χ0n) is 36.7. The number of hydrogen-bond acceptors (Lipinski definition) is 3. The van der Waals surface area contributed by atoms with Crippen LogP contribution < -0.4 is 4.74 Å². The smallest absolute Gasteiger partial charge is 0.131 e. The molecule has 0 bridgehead atoms. The van der Waals surface area contributed by atoms with E-state index in [2.05, 4.69) is 238 Å². The highest BCUT2D eigenvalue weighted by molar-refractivity contribution is 5.82. The van der Waals surface area contributed by atoms with Crippen LogP contribution in [0.15, 0.2) is 236 Å². The summed E-state index contributed by atoms with van der Waals surface area (Å²) in [5, 5.41) is 0. The van der Waals surface area contributed by atoms with Gasteiger partial charge < -0.3 is 4.74 Å². The van der Waals surface area contributed by atoms with Gasteiger partial charge in [0.05, 0.1) is 22.8 Å². The zero-order chi connectivity index (χ0) is 43.7. The van der Waals surface area contributed by atoms with Crippen molar-refractivity contribution in [1.82, 2.24) is 9.97 Å². The molecule has 1 aliphatic heterocycles. The van der Waals surface area contributed by atoms with Gasteiger partial charge in [0, 0.05) is 39.2 Å². The fraction of sp³-hybridized carbons (Fsp3) is 0.0968. The molecule has 8 aromatic rings. The van der Waals surface area contributed by atoms with Crippen molar-refractivity contribution < 1.29 is 4.74 Å². The van der Waals surface area contributed by atoms with E-state index in [-0.39, 0.29) is 11.3 Å². The first-order valence-electron chi connectivity index (χ1n) is 22.6. The lowest BCUT2D eigenvalue weighted by Crippen LogP contribution is -2.30. The molecule has 3 aliphatic rings. The van der Waals surface area contributed by atoms with E-state index in [1.54, 1.807) is 0 Å². The van der Waals surface area contributed by atoms with Crippen LogP contribution in [0.3, 0.4) is 0 Å². The molecule has 11 rings (SSSR count). The molecule has 0 saturated heterocycles. The van der Waals surface area contributed by atoms with Crippen molar-refractivity contribution in [2.24, 2.45) is 0 Å². The molecular formula is C62H48N2O. The lowest BCUT2D eigenvalue weighted by molar-refractivity contribution is 0.364. The molecule has 3 nitrogen and oxygen atoms in total. The third-order valence-electron chi connectivity index (χ3n) is 13.1. The topological polar surface area (TPSA) is 35.0 Å². The Labute approximate surface area is 382 Å². The van der Waals surface area contributed by atoms with Gasteiger partial charge in [-0.15, -0.1) is 0 Å². The van der Waals surface area contributed by atoms with Crippen LogP contribution in [0.4, 0.5) is 0 Å². The van der Waals surface area contributed by atoms with Gasteiger partial charge >= 0.3 is 0 Å². The molecular weight excluding hydrogens is 789 g/mol. The Morgan fingerprint density at radius 2 is 1.03 bits per heavy atom. The molecule has 3 heteroatoms. The molecule has 0 amide bonds. The van der Waals surface area contributed by atoms with Gasteiger partial charge in [-0.3, -0.25) is 0 Å². The van der Waals surface area contributed by atoms with Crippen molar-refractivity contribution in [3.8, 4) is 72.9 Å². The standard InChI is InChI=1S/C62H48N2O/c1-62(2)54-36-50(46-26-16-28-48(34-46)52-38-56(42-18-8-3-4-9-19-42)63-57(39-52)43-20-10-5-11-21-43)30-32-60(54)65-61-33-31-51(37-55(61)62)47-27-17-29-49(35-47)53-40-58(44-22-12-6-13-23-44)64-59(41-53)45-24-14-7-15-25-45/h3,5-30,32-41,51H,4,31H2,1-2H3. The molecule has 0 radical (unpaired) electrons. The number of nitrogens with zero attached hydrogens (tertiary/aromatic N) is 2. The first-order valence-corrected chi connectivity index (χ1v) is 22.6. The lowest BCUT2D eigenvalue weighted by atomic mass is 9.70. The van der Waals surface area contributed by atoms with Crippen molar-refractivity contribution in [3.05, 3.63) is 253 Å². The van der Waals surface area contributed by atoms with Gasteiger partial charge in [0.1, 0.15) is 11.5 Å². The monoisotopic (exact) mass is 836 g/mol. The van der Waals surface area contributed by atoms with Crippen LogP contribution in [-0.2, 0) is 5.41 Å². The largest absolute Gasteiger partial charge is 0.457 e. The summed E-state index contributed by atoms with van der Waals surface area (Å²) in [5.74, 6) is 2.09. The second-order valence-corrected chi connectivity index (χ2v) is 17.7. The highest BCUT2D eigenvalue weighted by Crippen LogP contribution is 2.50. The minimum absolute atomic E-state index is 0.202. The average molecular weight is 837 g/mol. The molecule has 6 aromatic carbocycles. The molecule has 1 atom stereocenters. The number of aromatic nitrogens is 2. The Kier molecular flexibility index (Phi) is 10.4. The lowest BCUT2D eigenvalue weighted by Gasteiger charge is -2.39. The summed E-state index contributed by atoms with van der Waals surface area (Å²) in [5.41, 5.74) is 18.6. The predicted octanol–water partition coefficient (Wildman–Crippen LogP) is 16.0. The summed E-state index contributed by atoms with van der Waals surface area (Å²) < 4.78 is 6.74. The minimum Gasteiger partial charge on any atom is -0.457 e. The van der Waals surface area contributed by atoms with E-state index in [0.717, 1.165) is 97.2 Å². The van der Waals surface area contributed by atoms with E-state index < -0.39 is 0 Å². The zero-order valence-corrected chi connectivity index (χ0v) is 36.7. The summed E-state index contributed by atoms with van der Waals surface area (Å²) >= 11 is 0. The molecule has 0 saturated carbocycles. The van der Waals surface area contributed by atoms with Gasteiger partial charge in [0.25, 0.3) is 0 Å². The van der Waals surface area contributed by atoms with Crippen LogP contribution in [0.2, 0.25) is 0 Å². The van der Waals surface area contributed by atoms with Gasteiger partial charge in [-0.2, -0.15) is 0 Å². The van der Waals surface area contributed by atoms with E-state index in [0.29, 0.717) is 0 Å². The quantitative estimate of drug-likeness (QED) is 0.153. The van der Waals surface area contributed by atoms with E-state index in [1.807, 2.05) is 0 Å². The fourth-order valence-corrected chi connectivity index (χ4v) is 9.48. The molecule has 3 heterocycles. The second-order valence-electron chi connectivity index (χ2n) is 17.7. The Balaban J connectivity index is 0.918. The summed E-state index contributed by atoms with van der Waals surface area (Å²) in [7, 11) is 0. The molecule has 0 fully saturated rings. The SMILES string of the molecule is CC1(C)C2=CC(c3cccc(-c4cc(-c5ccccc5)nc(-c5ccccc5)c4)c3)CC=C2Oc2ccc(-c3cccc(-c4cc(C5=CC=CCC=C5)nc(-c5ccccc5)c4)c3)cc21. The number of fused-ring (bicyclic) bond motifs is 2. The second kappa shape index (κ2) is 17.0. The van der Waals surface area contributed by atoms with E-state index in [4.69, 9.17) is 14.7 Å². The first kappa shape index (κ1) is 39.9. The summed E-state index contributed by atoms with van der Waals surface area (Å²) in [4.78, 5) is 10.3. The third kappa shape index (κ3) is 8.02. The van der Waals surface area contributed by atoms with Crippen LogP contribution in [0, 0.1) is 0 Å². The molecule has 1 unspecified atom stereocenters. The number of pyridine rings is 2. The van der Waals surface area contributed by atoms with Crippen molar-refractivity contribution in [3.63, 3.8) is 0 Å². The molecule has 312 valence electrons. The van der Waals surface area contributed by atoms with Gasteiger partial charge in [-0.1, -0.05) is 190 Å². The summed E-state index contributed by atoms with van der Waals surface area (Å²) in [6.07, 6.45) is 17.4. The molecule has 2 aromatic heterocycles. The van der Waals surface area contributed by atoms with Crippen molar-refractivity contribution in [1.29, 1.82) is 0 Å². The predicted molar refractivity (Wildman–Crippen MR) is 269 cm³/mol. The summed E-state index contributed by atoms with van der Waals surface area (Å²) in [6, 6.07) is 65.0. The van der Waals surface area contributed by atoms with Gasteiger partial charge in [-0.25, -0.2) is 9.97 Å². The maximum absolute atomic E-state index is 6.74. The minimum atomic E-state index is -0.289. The number of rotatable bonds is 8. The maximum Gasteiger partial charge on any atom is 0.131 e. The van der Waals surface area contributed by atoms with Crippen LogP contribution in [0.25, 0.3) is 72.7 Å². The van der Waals surface area contributed by atoms with Crippen LogP contribution in [0.1, 0.15) is 49.4 Å². The summed E-state index contributed by atoms with van der Waals surface area (Å²) in [6.45, 7) is 4.69. The van der Waals surface area contributed by atoms with Crippen LogP contribution in [-0.4, -0.2) is 9.97 Å².